The summed E-state index contributed by atoms with van der Waals surface area (Å²) < 4.78 is 63.7. The number of fused-ring (bicyclic) bond motifs is 2. The van der Waals surface area contributed by atoms with E-state index < -0.39 is 45.1 Å². The quantitative estimate of drug-likeness (QED) is 0.183. The molecule has 14 heteroatoms. The number of anilines is 3. The summed E-state index contributed by atoms with van der Waals surface area (Å²) in [5.74, 6) is -0.472. The van der Waals surface area contributed by atoms with Gasteiger partial charge in [0.25, 0.3) is 5.69 Å². The highest BCUT2D eigenvalue weighted by molar-refractivity contribution is 7.91. The third kappa shape index (κ3) is 6.75. The Labute approximate surface area is 269 Å². The standard InChI is InChI=1S/C33H32F3N5O5S/c1-37-47(45,27-18-16-26(17-19-27)46-33(34,35)36)38-28-20-39(24-12-14-25(15-13-24)41(43)44)21-31(32(28)42)40-29-8-4-2-6-22(29)10-11-23-7-3-5-9-30(23)40/h2-9,12-19,28,31-32,42H,10-11,20-21H2,1H3,(H,37,38,45). The molecule has 4 unspecified atom stereocenters. The normalized spacial score (nSPS) is 20.7. The molecule has 1 saturated heterocycles. The molecular weight excluding hydrogens is 635 g/mol. The second-order valence-corrected chi connectivity index (χ2v) is 13.4. The largest absolute Gasteiger partial charge is 0.573 e. The van der Waals surface area contributed by atoms with Crippen molar-refractivity contribution in [3.8, 4) is 5.75 Å². The molecule has 0 saturated carbocycles. The summed E-state index contributed by atoms with van der Waals surface area (Å²) >= 11 is 0. The first-order chi connectivity index (χ1) is 22.5. The van der Waals surface area contributed by atoms with Crippen LogP contribution in [0.2, 0.25) is 0 Å². The number of nitrogens with zero attached hydrogens (tertiary/aromatic N) is 4. The molecule has 10 nitrogen and oxygen atoms in total. The minimum atomic E-state index is -4.89. The summed E-state index contributed by atoms with van der Waals surface area (Å²) in [5, 5.41) is 23.5. The molecule has 2 aliphatic heterocycles. The number of aryl methyl sites for hydroxylation is 2. The number of para-hydroxylation sites is 2. The Balaban J connectivity index is 1.41. The summed E-state index contributed by atoms with van der Waals surface area (Å²) in [4.78, 5) is 15.1. The van der Waals surface area contributed by atoms with Crippen LogP contribution in [0.1, 0.15) is 11.1 Å². The van der Waals surface area contributed by atoms with E-state index in [2.05, 4.69) is 30.9 Å². The predicted octanol–water partition coefficient (Wildman–Crippen LogP) is 6.01. The zero-order valence-electron chi connectivity index (χ0n) is 25.2. The van der Waals surface area contributed by atoms with Crippen molar-refractivity contribution in [1.29, 1.82) is 0 Å². The van der Waals surface area contributed by atoms with E-state index in [9.17, 15) is 32.6 Å². The molecule has 4 atom stereocenters. The highest BCUT2D eigenvalue weighted by Crippen LogP contribution is 2.40. The Morgan fingerprint density at radius 2 is 1.49 bits per heavy atom. The summed E-state index contributed by atoms with van der Waals surface area (Å²) in [7, 11) is -2.13. The fourth-order valence-corrected chi connectivity index (χ4v) is 7.87. The maximum Gasteiger partial charge on any atom is 0.573 e. The van der Waals surface area contributed by atoms with E-state index in [4.69, 9.17) is 0 Å². The van der Waals surface area contributed by atoms with Gasteiger partial charge in [-0.15, -0.1) is 13.2 Å². The Kier molecular flexibility index (Phi) is 8.83. The van der Waals surface area contributed by atoms with E-state index in [1.54, 1.807) is 12.1 Å². The molecule has 0 radical (unpaired) electrons. The number of nitrogens with one attached hydrogen (secondary N) is 1. The van der Waals surface area contributed by atoms with Crippen LogP contribution < -0.4 is 19.3 Å². The van der Waals surface area contributed by atoms with Crippen LogP contribution in [0.25, 0.3) is 0 Å². The molecule has 6 rings (SSSR count). The maximum atomic E-state index is 14.3. The van der Waals surface area contributed by atoms with Gasteiger partial charge in [0, 0.05) is 49.3 Å². The monoisotopic (exact) mass is 667 g/mol. The Morgan fingerprint density at radius 3 is 2.02 bits per heavy atom. The molecule has 1 fully saturated rings. The van der Waals surface area contributed by atoms with Crippen LogP contribution in [-0.2, 0) is 22.8 Å². The molecule has 4 aromatic carbocycles. The van der Waals surface area contributed by atoms with Gasteiger partial charge in [-0.2, -0.15) is 0 Å². The lowest BCUT2D eigenvalue weighted by Gasteiger charge is -2.48. The Bertz CT molecular complexity index is 1830. The molecule has 0 aromatic heterocycles. The fourth-order valence-electron chi connectivity index (χ4n) is 6.29. The van der Waals surface area contributed by atoms with Crippen molar-refractivity contribution >= 4 is 32.7 Å². The van der Waals surface area contributed by atoms with E-state index in [0.717, 1.165) is 47.5 Å². The van der Waals surface area contributed by atoms with E-state index >= 15 is 0 Å². The number of hydrogen-bond donors (Lipinski definition) is 2. The minimum Gasteiger partial charge on any atom is -0.406 e. The molecule has 2 heterocycles. The number of hydrogen-bond acceptors (Lipinski definition) is 8. The van der Waals surface area contributed by atoms with Crippen molar-refractivity contribution in [2.45, 2.75) is 42.3 Å². The molecule has 4 aromatic rings. The average molecular weight is 668 g/mol. The Morgan fingerprint density at radius 1 is 0.915 bits per heavy atom. The molecule has 2 aliphatic rings. The molecule has 0 amide bonds. The second-order valence-electron chi connectivity index (χ2n) is 11.3. The van der Waals surface area contributed by atoms with E-state index in [1.165, 1.54) is 31.3 Å². The molecule has 2 N–H and O–H groups in total. The molecule has 0 aliphatic carbocycles. The molecule has 0 spiro atoms. The van der Waals surface area contributed by atoms with Crippen molar-refractivity contribution < 1.29 is 32.1 Å². The first kappa shape index (κ1) is 32.3. The van der Waals surface area contributed by atoms with Gasteiger partial charge in [0.05, 0.1) is 28.0 Å². The predicted molar refractivity (Wildman–Crippen MR) is 172 cm³/mol. The number of benzene rings is 4. The van der Waals surface area contributed by atoms with Gasteiger partial charge in [-0.25, -0.2) is 13.3 Å². The van der Waals surface area contributed by atoms with Crippen molar-refractivity contribution in [3.63, 3.8) is 0 Å². The molecule has 47 heavy (non-hydrogen) atoms. The third-order valence-electron chi connectivity index (χ3n) is 8.50. The van der Waals surface area contributed by atoms with Gasteiger partial charge in [0.1, 0.15) is 15.7 Å². The third-order valence-corrected chi connectivity index (χ3v) is 10.5. The average Bonchev–Trinajstić information content (AvgIpc) is 3.22. The number of nitro groups is 1. The number of aliphatic hydroxyl groups excluding tert-OH is 1. The molecule has 246 valence electrons. The second kappa shape index (κ2) is 12.9. The SMILES string of the molecule is CN=S(=O)(NC1CN(c2ccc([N+](=O)[O-])cc2)CC(N2c3ccccc3CCc3ccccc32)C1O)c1ccc(OC(F)(F)F)cc1. The smallest absolute Gasteiger partial charge is 0.406 e. The maximum absolute atomic E-state index is 14.3. The Hall–Kier alpha value is -4.66. The van der Waals surface area contributed by atoms with Crippen LogP contribution in [0.15, 0.2) is 106 Å². The van der Waals surface area contributed by atoms with E-state index in [-0.39, 0.29) is 17.1 Å². The number of ether oxygens (including phenoxy) is 1. The highest BCUT2D eigenvalue weighted by Gasteiger charge is 2.43. The number of rotatable bonds is 7. The zero-order valence-corrected chi connectivity index (χ0v) is 26.0. The first-order valence-electron chi connectivity index (χ1n) is 14.9. The number of alkyl halides is 3. The number of aliphatic hydroxyl groups is 1. The lowest BCUT2D eigenvalue weighted by Crippen LogP contribution is -2.65. The van der Waals surface area contributed by atoms with E-state index in [0.29, 0.717) is 12.2 Å². The van der Waals surface area contributed by atoms with Crippen molar-refractivity contribution in [3.05, 3.63) is 118 Å². The van der Waals surface area contributed by atoms with Gasteiger partial charge >= 0.3 is 6.36 Å². The number of nitro benzene ring substituents is 1. The van der Waals surface area contributed by atoms with Crippen LogP contribution >= 0.6 is 0 Å². The van der Waals surface area contributed by atoms with Gasteiger partial charge < -0.3 is 19.6 Å². The van der Waals surface area contributed by atoms with Crippen molar-refractivity contribution in [1.82, 2.24) is 4.72 Å². The summed E-state index contributed by atoms with van der Waals surface area (Å²) in [6.07, 6.45) is -4.42. The lowest BCUT2D eigenvalue weighted by molar-refractivity contribution is -0.384. The van der Waals surface area contributed by atoms with Gasteiger partial charge in [-0.3, -0.25) is 10.1 Å². The highest BCUT2D eigenvalue weighted by atomic mass is 32.2. The van der Waals surface area contributed by atoms with Crippen LogP contribution in [0.3, 0.4) is 0 Å². The van der Waals surface area contributed by atoms with Crippen LogP contribution in [0.4, 0.5) is 35.9 Å². The minimum absolute atomic E-state index is 0.0712. The van der Waals surface area contributed by atoms with Crippen LogP contribution in [0, 0.1) is 10.1 Å². The fraction of sp³-hybridized carbons (Fsp3) is 0.273. The topological polar surface area (TPSA) is 121 Å². The summed E-state index contributed by atoms with van der Waals surface area (Å²) in [6.45, 7) is 0.460. The van der Waals surface area contributed by atoms with Crippen LogP contribution in [0.5, 0.6) is 5.75 Å². The molecular formula is C33H32F3N5O5S. The molecule has 0 bridgehead atoms. The van der Waals surface area contributed by atoms with Gasteiger partial charge in [0.15, 0.2) is 0 Å². The lowest BCUT2D eigenvalue weighted by atomic mass is 9.94. The van der Waals surface area contributed by atoms with Gasteiger partial charge in [0.2, 0.25) is 0 Å². The number of non-ortho nitro benzene ring substituents is 1. The van der Waals surface area contributed by atoms with Crippen molar-refractivity contribution in [2.75, 3.05) is 29.9 Å². The number of halogens is 3. The zero-order chi connectivity index (χ0) is 33.3. The van der Waals surface area contributed by atoms with E-state index in [1.807, 2.05) is 41.3 Å². The van der Waals surface area contributed by atoms with Gasteiger partial charge in [-0.1, -0.05) is 36.4 Å². The summed E-state index contributed by atoms with van der Waals surface area (Å²) in [6, 6.07) is 25.2. The van der Waals surface area contributed by atoms with Gasteiger partial charge in [-0.05, 0) is 72.5 Å². The number of piperidine rings is 1. The van der Waals surface area contributed by atoms with Crippen LogP contribution in [-0.4, -0.2) is 58.9 Å². The summed E-state index contributed by atoms with van der Waals surface area (Å²) in [5.41, 5.74) is 4.63. The van der Waals surface area contributed by atoms with Crippen molar-refractivity contribution in [2.24, 2.45) is 4.36 Å². The first-order valence-corrected chi connectivity index (χ1v) is 16.4.